The van der Waals surface area contributed by atoms with Crippen molar-refractivity contribution in [2.75, 3.05) is 18.4 Å². The van der Waals surface area contributed by atoms with Crippen LogP contribution in [0.2, 0.25) is 0 Å². The van der Waals surface area contributed by atoms with Crippen molar-refractivity contribution in [3.05, 3.63) is 24.1 Å². The molecule has 0 spiro atoms. The summed E-state index contributed by atoms with van der Waals surface area (Å²) in [7, 11) is 0. The molecule has 1 aromatic heterocycles. The molecule has 23 heavy (non-hydrogen) atoms. The molecule has 0 unspecified atom stereocenters. The van der Waals surface area contributed by atoms with Crippen LogP contribution >= 0.6 is 12.4 Å². The molecule has 1 aliphatic carbocycles. The van der Waals surface area contributed by atoms with Gasteiger partial charge in [-0.1, -0.05) is 20.8 Å². The number of nitrogens with zero attached hydrogens (tertiary/aromatic N) is 1. The lowest BCUT2D eigenvalue weighted by Gasteiger charge is -2.11. The fourth-order valence-electron chi connectivity index (χ4n) is 2.24. The third kappa shape index (κ3) is 4.69. The Morgan fingerprint density at radius 3 is 2.74 bits per heavy atom. The first-order valence-electron chi connectivity index (χ1n) is 7.83. The Kier molecular flexibility index (Phi) is 5.32. The average Bonchev–Trinajstić information content (AvgIpc) is 3.14. The van der Waals surface area contributed by atoms with Gasteiger partial charge in [0.15, 0.2) is 5.58 Å². The third-order valence-electron chi connectivity index (χ3n) is 3.73. The van der Waals surface area contributed by atoms with Gasteiger partial charge < -0.3 is 15.1 Å². The Bertz CT molecular complexity index is 687. The van der Waals surface area contributed by atoms with E-state index in [1.54, 1.807) is 0 Å². The van der Waals surface area contributed by atoms with Crippen molar-refractivity contribution in [3.63, 3.8) is 0 Å². The summed E-state index contributed by atoms with van der Waals surface area (Å²) >= 11 is 0. The fraction of sp³-hybridized carbons (Fsp3) is 0.529. The van der Waals surface area contributed by atoms with E-state index in [1.165, 1.54) is 12.8 Å². The Morgan fingerprint density at radius 1 is 1.35 bits per heavy atom. The zero-order valence-corrected chi connectivity index (χ0v) is 14.6. The van der Waals surface area contributed by atoms with E-state index in [0.29, 0.717) is 12.4 Å². The minimum absolute atomic E-state index is 0. The van der Waals surface area contributed by atoms with Crippen LogP contribution in [-0.4, -0.2) is 24.0 Å². The molecule has 0 radical (unpaired) electrons. The van der Waals surface area contributed by atoms with E-state index in [-0.39, 0.29) is 23.7 Å². The van der Waals surface area contributed by atoms with Gasteiger partial charge in [-0.3, -0.25) is 4.79 Å². The molecule has 1 aliphatic rings. The molecule has 2 aromatic rings. The third-order valence-corrected chi connectivity index (χ3v) is 3.73. The van der Waals surface area contributed by atoms with Gasteiger partial charge in [-0.05, 0) is 43.5 Å². The van der Waals surface area contributed by atoms with Gasteiger partial charge in [-0.25, -0.2) is 4.98 Å². The minimum Gasteiger partial charge on any atom is -0.440 e. The normalized spacial score (nSPS) is 14.6. The molecule has 2 N–H and O–H groups in total. The van der Waals surface area contributed by atoms with E-state index in [1.807, 2.05) is 18.2 Å². The van der Waals surface area contributed by atoms with E-state index >= 15 is 0 Å². The van der Waals surface area contributed by atoms with Gasteiger partial charge in [0.1, 0.15) is 5.52 Å². The number of carbonyl (C=O) groups excluding carboxylic acids is 1. The molecule has 1 amide bonds. The quantitative estimate of drug-likeness (QED) is 0.876. The highest BCUT2D eigenvalue weighted by atomic mass is 35.5. The summed E-state index contributed by atoms with van der Waals surface area (Å²) in [4.78, 5) is 16.4. The Hall–Kier alpha value is -1.59. The number of halogens is 1. The van der Waals surface area contributed by atoms with E-state index in [9.17, 15) is 4.79 Å². The Morgan fingerprint density at radius 2 is 2.09 bits per heavy atom. The molecule has 0 bridgehead atoms. The van der Waals surface area contributed by atoms with Crippen LogP contribution in [0.1, 0.15) is 39.5 Å². The van der Waals surface area contributed by atoms with Crippen LogP contribution in [0.4, 0.5) is 5.69 Å². The molecule has 1 heterocycles. The molecule has 0 aliphatic heterocycles. The van der Waals surface area contributed by atoms with Gasteiger partial charge in [-0.2, -0.15) is 0 Å². The number of anilines is 1. The number of hydrogen-bond acceptors (Lipinski definition) is 4. The van der Waals surface area contributed by atoms with Gasteiger partial charge in [0.05, 0.1) is 6.54 Å². The van der Waals surface area contributed by atoms with Crippen molar-refractivity contribution in [1.82, 2.24) is 10.3 Å². The van der Waals surface area contributed by atoms with Crippen LogP contribution in [0.5, 0.6) is 0 Å². The molecule has 126 valence electrons. The fourth-order valence-corrected chi connectivity index (χ4v) is 2.24. The molecule has 0 atom stereocenters. The summed E-state index contributed by atoms with van der Waals surface area (Å²) in [5, 5.41) is 6.08. The maximum atomic E-state index is 11.9. The molecule has 6 heteroatoms. The van der Waals surface area contributed by atoms with Crippen LogP contribution in [0, 0.1) is 5.92 Å². The highest BCUT2D eigenvalue weighted by Crippen LogP contribution is 2.28. The van der Waals surface area contributed by atoms with E-state index in [2.05, 4.69) is 36.4 Å². The zero-order chi connectivity index (χ0) is 15.7. The number of aromatic nitrogens is 1. The first kappa shape index (κ1) is 17.8. The number of amides is 1. The predicted molar refractivity (Wildman–Crippen MR) is 94.2 cm³/mol. The van der Waals surface area contributed by atoms with Crippen molar-refractivity contribution in [1.29, 1.82) is 0 Å². The maximum Gasteiger partial charge on any atom is 0.238 e. The lowest BCUT2D eigenvalue weighted by Crippen LogP contribution is -2.29. The second-order valence-corrected chi connectivity index (χ2v) is 7.07. The number of oxazole rings is 1. The molecule has 1 aromatic carbocycles. The molecule has 5 nitrogen and oxygen atoms in total. The zero-order valence-electron chi connectivity index (χ0n) is 13.8. The second-order valence-electron chi connectivity index (χ2n) is 7.07. The SMILES string of the molecule is CC(C)(C)c1nc2cc(NC(=O)CNCC3CC3)ccc2o1.Cl. The van der Waals surface area contributed by atoms with E-state index in [0.717, 1.165) is 29.2 Å². The van der Waals surface area contributed by atoms with Crippen molar-refractivity contribution in [2.45, 2.75) is 39.0 Å². The maximum absolute atomic E-state index is 11.9. The first-order chi connectivity index (χ1) is 10.4. The summed E-state index contributed by atoms with van der Waals surface area (Å²) in [5.41, 5.74) is 2.14. The van der Waals surface area contributed by atoms with E-state index < -0.39 is 0 Å². The number of benzene rings is 1. The van der Waals surface area contributed by atoms with Crippen molar-refractivity contribution < 1.29 is 9.21 Å². The molecule has 0 saturated heterocycles. The van der Waals surface area contributed by atoms with Crippen molar-refractivity contribution in [2.24, 2.45) is 5.92 Å². The van der Waals surface area contributed by atoms with Gasteiger partial charge in [0.2, 0.25) is 11.8 Å². The summed E-state index contributed by atoms with van der Waals surface area (Å²) < 4.78 is 5.75. The highest BCUT2D eigenvalue weighted by Gasteiger charge is 2.21. The number of fused-ring (bicyclic) bond motifs is 1. The topological polar surface area (TPSA) is 67.2 Å². The molecular weight excluding hydrogens is 314 g/mol. The van der Waals surface area contributed by atoms with Gasteiger partial charge in [0.25, 0.3) is 0 Å². The summed E-state index contributed by atoms with van der Waals surface area (Å²) in [6.45, 7) is 7.47. The largest absolute Gasteiger partial charge is 0.440 e. The summed E-state index contributed by atoms with van der Waals surface area (Å²) in [5.74, 6) is 1.45. The Balaban J connectivity index is 0.00000192. The smallest absolute Gasteiger partial charge is 0.238 e. The monoisotopic (exact) mass is 337 g/mol. The van der Waals surface area contributed by atoms with Crippen LogP contribution in [0.15, 0.2) is 22.6 Å². The standard InChI is InChI=1S/C17H23N3O2.ClH/c1-17(2,3)16-20-13-8-12(6-7-14(13)22-16)19-15(21)10-18-9-11-4-5-11;/h6-8,11,18H,4-5,9-10H2,1-3H3,(H,19,21);1H. The van der Waals surface area contributed by atoms with E-state index in [4.69, 9.17) is 4.42 Å². The number of carbonyl (C=O) groups is 1. The van der Waals surface area contributed by atoms with Crippen LogP contribution in [0.3, 0.4) is 0 Å². The highest BCUT2D eigenvalue weighted by molar-refractivity contribution is 5.94. The lowest BCUT2D eigenvalue weighted by molar-refractivity contribution is -0.115. The predicted octanol–water partition coefficient (Wildman–Crippen LogP) is 3.49. The molecule has 3 rings (SSSR count). The summed E-state index contributed by atoms with van der Waals surface area (Å²) in [6.07, 6.45) is 2.57. The lowest BCUT2D eigenvalue weighted by atomic mass is 9.97. The van der Waals surface area contributed by atoms with Crippen molar-refractivity contribution >= 4 is 35.1 Å². The number of rotatable bonds is 5. The van der Waals surface area contributed by atoms with Crippen molar-refractivity contribution in [3.8, 4) is 0 Å². The number of nitrogens with one attached hydrogen (secondary N) is 2. The van der Waals surface area contributed by atoms with Crippen LogP contribution < -0.4 is 10.6 Å². The molecule has 1 saturated carbocycles. The summed E-state index contributed by atoms with van der Waals surface area (Å²) in [6, 6.07) is 5.55. The second kappa shape index (κ2) is 6.89. The van der Waals surface area contributed by atoms with Gasteiger partial charge in [0, 0.05) is 11.1 Å². The minimum atomic E-state index is -0.130. The van der Waals surface area contributed by atoms with Gasteiger partial charge in [-0.15, -0.1) is 12.4 Å². The molecule has 1 fully saturated rings. The number of hydrogen-bond donors (Lipinski definition) is 2. The van der Waals surface area contributed by atoms with Crippen LogP contribution in [0.25, 0.3) is 11.1 Å². The van der Waals surface area contributed by atoms with Gasteiger partial charge >= 0.3 is 0 Å². The Labute approximate surface area is 142 Å². The first-order valence-corrected chi connectivity index (χ1v) is 7.83. The molecular formula is C17H24ClN3O2. The average molecular weight is 338 g/mol. The van der Waals surface area contributed by atoms with Crippen LogP contribution in [-0.2, 0) is 10.2 Å².